The maximum Gasteiger partial charge on any atom is 0.253 e. The summed E-state index contributed by atoms with van der Waals surface area (Å²) in [6.07, 6.45) is 3.86. The van der Waals surface area contributed by atoms with Gasteiger partial charge in [0.25, 0.3) is 5.91 Å². The van der Waals surface area contributed by atoms with Gasteiger partial charge >= 0.3 is 0 Å². The molecule has 0 aliphatic rings. The number of thioether (sulfide) groups is 1. The van der Waals surface area contributed by atoms with Crippen molar-refractivity contribution in [2.24, 2.45) is 7.05 Å². The van der Waals surface area contributed by atoms with E-state index in [0.29, 0.717) is 23.2 Å². The molecule has 0 aliphatic heterocycles. The Morgan fingerprint density at radius 1 is 1.14 bits per heavy atom. The molecule has 0 unspecified atom stereocenters. The van der Waals surface area contributed by atoms with Crippen LogP contribution < -0.4 is 10.6 Å². The van der Waals surface area contributed by atoms with Gasteiger partial charge in [0.1, 0.15) is 5.82 Å². The molecule has 8 heteroatoms. The number of rotatable bonds is 8. The Labute approximate surface area is 172 Å². The molecule has 3 rings (SSSR count). The topological polar surface area (TPSA) is 76.0 Å². The van der Waals surface area contributed by atoms with E-state index >= 15 is 0 Å². The summed E-state index contributed by atoms with van der Waals surface area (Å²) in [7, 11) is 1.86. The van der Waals surface area contributed by atoms with Crippen molar-refractivity contribution in [3.05, 3.63) is 77.9 Å². The zero-order valence-electron chi connectivity index (χ0n) is 15.9. The van der Waals surface area contributed by atoms with E-state index in [9.17, 15) is 14.0 Å². The lowest BCUT2D eigenvalue weighted by Gasteiger charge is -2.11. The molecular formula is C21H21FN4O2S. The zero-order valence-corrected chi connectivity index (χ0v) is 16.7. The van der Waals surface area contributed by atoms with E-state index < -0.39 is 0 Å². The number of hydrogen-bond donors (Lipinski definition) is 2. The quantitative estimate of drug-likeness (QED) is 0.557. The monoisotopic (exact) mass is 412 g/mol. The van der Waals surface area contributed by atoms with E-state index in [1.54, 1.807) is 54.9 Å². The number of halogens is 1. The second-order valence-electron chi connectivity index (χ2n) is 6.30. The van der Waals surface area contributed by atoms with Gasteiger partial charge in [-0.15, -0.1) is 0 Å². The molecule has 0 radical (unpaired) electrons. The summed E-state index contributed by atoms with van der Waals surface area (Å²) < 4.78 is 15.5. The number of benzene rings is 2. The van der Waals surface area contributed by atoms with Crippen LogP contribution in [0.25, 0.3) is 0 Å². The first-order valence-corrected chi connectivity index (χ1v) is 10.0. The largest absolute Gasteiger partial charge is 0.352 e. The van der Waals surface area contributed by atoms with E-state index in [2.05, 4.69) is 15.6 Å². The number of para-hydroxylation sites is 1. The minimum atomic E-state index is -0.325. The first kappa shape index (κ1) is 20.6. The summed E-state index contributed by atoms with van der Waals surface area (Å²) >= 11 is 1.31. The van der Waals surface area contributed by atoms with Crippen LogP contribution in [0.2, 0.25) is 0 Å². The lowest BCUT2D eigenvalue weighted by atomic mass is 10.1. The Bertz CT molecular complexity index is 1010. The Morgan fingerprint density at radius 2 is 1.90 bits per heavy atom. The highest BCUT2D eigenvalue weighted by atomic mass is 32.2. The Kier molecular flexibility index (Phi) is 7.02. The molecular weight excluding hydrogens is 391 g/mol. The van der Waals surface area contributed by atoms with Crippen molar-refractivity contribution in [1.82, 2.24) is 14.9 Å². The average molecular weight is 412 g/mol. The number of amides is 2. The fraction of sp³-hybridized carbons (Fsp3) is 0.190. The standard InChI is InChI=1S/C21H21FN4O2S/c1-26-13-12-24-21(26)29-14-19(27)25-18-9-5-3-7-16(18)20(28)23-11-10-15-6-2-4-8-17(15)22/h2-9,12-13H,10-11,14H2,1H3,(H,23,28)(H,25,27). The number of nitrogens with one attached hydrogen (secondary N) is 2. The average Bonchev–Trinajstić information content (AvgIpc) is 3.13. The summed E-state index contributed by atoms with van der Waals surface area (Å²) in [5.74, 6) is -0.674. The second-order valence-corrected chi connectivity index (χ2v) is 7.24. The van der Waals surface area contributed by atoms with Crippen LogP contribution in [0.5, 0.6) is 0 Å². The minimum absolute atomic E-state index is 0.175. The smallest absolute Gasteiger partial charge is 0.253 e. The highest BCUT2D eigenvalue weighted by Crippen LogP contribution is 2.18. The van der Waals surface area contributed by atoms with E-state index in [0.717, 1.165) is 5.16 Å². The summed E-state index contributed by atoms with van der Waals surface area (Å²) in [6, 6.07) is 13.3. The van der Waals surface area contributed by atoms with Gasteiger partial charge in [-0.3, -0.25) is 9.59 Å². The third kappa shape index (κ3) is 5.68. The molecule has 0 aliphatic carbocycles. The molecule has 0 bridgehead atoms. The van der Waals surface area contributed by atoms with E-state index in [4.69, 9.17) is 0 Å². The molecule has 3 aromatic rings. The van der Waals surface area contributed by atoms with Gasteiger partial charge in [-0.05, 0) is 30.2 Å². The van der Waals surface area contributed by atoms with Crippen molar-refractivity contribution in [3.8, 4) is 0 Å². The Morgan fingerprint density at radius 3 is 2.66 bits per heavy atom. The molecule has 0 saturated heterocycles. The van der Waals surface area contributed by atoms with Gasteiger partial charge in [-0.25, -0.2) is 9.37 Å². The number of aryl methyl sites for hydroxylation is 1. The molecule has 0 atom stereocenters. The van der Waals surface area contributed by atoms with Gasteiger partial charge < -0.3 is 15.2 Å². The molecule has 0 spiro atoms. The van der Waals surface area contributed by atoms with Crippen molar-refractivity contribution < 1.29 is 14.0 Å². The Hall–Kier alpha value is -3.13. The van der Waals surface area contributed by atoms with Crippen LogP contribution in [0, 0.1) is 5.82 Å². The van der Waals surface area contributed by atoms with Crippen LogP contribution in [0.4, 0.5) is 10.1 Å². The van der Waals surface area contributed by atoms with Gasteiger partial charge in [0, 0.05) is 26.0 Å². The highest BCUT2D eigenvalue weighted by molar-refractivity contribution is 7.99. The van der Waals surface area contributed by atoms with Crippen molar-refractivity contribution in [2.75, 3.05) is 17.6 Å². The first-order chi connectivity index (χ1) is 14.0. The van der Waals surface area contributed by atoms with Crippen LogP contribution in [0.1, 0.15) is 15.9 Å². The van der Waals surface area contributed by atoms with Crippen LogP contribution in [-0.4, -0.2) is 33.7 Å². The molecule has 1 aromatic heterocycles. The van der Waals surface area contributed by atoms with Crippen LogP contribution in [0.3, 0.4) is 0 Å². The Balaban J connectivity index is 1.56. The fourth-order valence-corrected chi connectivity index (χ4v) is 3.44. The predicted molar refractivity (Wildman–Crippen MR) is 111 cm³/mol. The number of anilines is 1. The van der Waals surface area contributed by atoms with Gasteiger partial charge in [0.2, 0.25) is 5.91 Å². The van der Waals surface area contributed by atoms with Crippen molar-refractivity contribution >= 4 is 29.3 Å². The predicted octanol–water partition coefficient (Wildman–Crippen LogP) is 3.26. The third-order valence-electron chi connectivity index (χ3n) is 4.19. The van der Waals surface area contributed by atoms with Gasteiger partial charge in [0.15, 0.2) is 5.16 Å². The van der Waals surface area contributed by atoms with Gasteiger partial charge in [-0.1, -0.05) is 42.1 Å². The van der Waals surface area contributed by atoms with Crippen LogP contribution in [-0.2, 0) is 18.3 Å². The number of carbonyl (C=O) groups excluding carboxylic acids is 2. The van der Waals surface area contributed by atoms with Crippen molar-refractivity contribution in [2.45, 2.75) is 11.6 Å². The molecule has 0 fully saturated rings. The van der Waals surface area contributed by atoms with E-state index in [-0.39, 0.29) is 29.9 Å². The number of aromatic nitrogens is 2. The van der Waals surface area contributed by atoms with Gasteiger partial charge in [-0.2, -0.15) is 0 Å². The summed E-state index contributed by atoms with van der Waals surface area (Å²) in [5.41, 5.74) is 1.33. The lowest BCUT2D eigenvalue weighted by Crippen LogP contribution is -2.27. The maximum atomic E-state index is 13.7. The fourth-order valence-electron chi connectivity index (χ4n) is 2.70. The molecule has 2 aromatic carbocycles. The maximum absolute atomic E-state index is 13.7. The molecule has 150 valence electrons. The van der Waals surface area contributed by atoms with E-state index in [1.165, 1.54) is 17.8 Å². The highest BCUT2D eigenvalue weighted by Gasteiger charge is 2.14. The number of hydrogen-bond acceptors (Lipinski definition) is 4. The first-order valence-electron chi connectivity index (χ1n) is 9.05. The SMILES string of the molecule is Cn1ccnc1SCC(=O)Nc1ccccc1C(=O)NCCc1ccccc1F. The normalized spacial score (nSPS) is 10.6. The van der Waals surface area contributed by atoms with E-state index in [1.807, 2.05) is 11.6 Å². The zero-order chi connectivity index (χ0) is 20.6. The number of nitrogens with zero attached hydrogens (tertiary/aromatic N) is 2. The summed E-state index contributed by atoms with van der Waals surface area (Å²) in [5, 5.41) is 6.28. The molecule has 6 nitrogen and oxygen atoms in total. The van der Waals surface area contributed by atoms with Crippen molar-refractivity contribution in [1.29, 1.82) is 0 Å². The van der Waals surface area contributed by atoms with Crippen LogP contribution >= 0.6 is 11.8 Å². The summed E-state index contributed by atoms with van der Waals surface area (Å²) in [6.45, 7) is 0.289. The molecule has 2 N–H and O–H groups in total. The third-order valence-corrected chi connectivity index (χ3v) is 5.25. The number of carbonyl (C=O) groups is 2. The molecule has 1 heterocycles. The second kappa shape index (κ2) is 9.88. The van der Waals surface area contributed by atoms with Crippen LogP contribution in [0.15, 0.2) is 66.1 Å². The molecule has 0 saturated carbocycles. The number of imidazole rings is 1. The minimum Gasteiger partial charge on any atom is -0.352 e. The summed E-state index contributed by atoms with van der Waals surface area (Å²) in [4.78, 5) is 29.0. The lowest BCUT2D eigenvalue weighted by molar-refractivity contribution is -0.113. The molecule has 29 heavy (non-hydrogen) atoms. The van der Waals surface area contributed by atoms with Gasteiger partial charge in [0.05, 0.1) is 17.0 Å². The van der Waals surface area contributed by atoms with Crippen molar-refractivity contribution in [3.63, 3.8) is 0 Å². The molecule has 2 amide bonds.